The molecule has 0 saturated carbocycles. The Labute approximate surface area is 190 Å². The number of nitrogens with zero attached hydrogens (tertiary/aromatic N) is 4. The first-order chi connectivity index (χ1) is 16.2. The molecule has 166 valence electrons. The summed E-state index contributed by atoms with van der Waals surface area (Å²) in [4.78, 5) is 29.7. The molecule has 0 unspecified atom stereocenters. The smallest absolute Gasteiger partial charge is 0.257 e. The van der Waals surface area contributed by atoms with Crippen molar-refractivity contribution < 1.29 is 14.3 Å². The molecule has 0 saturated heterocycles. The van der Waals surface area contributed by atoms with Crippen LogP contribution in [0.3, 0.4) is 0 Å². The molecule has 0 spiro atoms. The third-order valence-electron chi connectivity index (χ3n) is 5.39. The number of para-hydroxylation sites is 1. The maximum absolute atomic E-state index is 12.2. The highest BCUT2D eigenvalue weighted by molar-refractivity contribution is 6.06. The first-order valence-electron chi connectivity index (χ1n) is 10.6. The summed E-state index contributed by atoms with van der Waals surface area (Å²) in [5.74, 6) is 1.70. The number of carbonyl (C=O) groups excluding carboxylic acids is 1. The molecule has 5 rings (SSSR count). The van der Waals surface area contributed by atoms with Crippen LogP contribution in [0.25, 0.3) is 22.2 Å². The summed E-state index contributed by atoms with van der Waals surface area (Å²) < 4.78 is 11.1. The number of pyridine rings is 2. The second kappa shape index (κ2) is 9.07. The number of anilines is 1. The fourth-order valence-electron chi connectivity index (χ4n) is 3.78. The molecule has 0 bridgehead atoms. The summed E-state index contributed by atoms with van der Waals surface area (Å²) in [5.41, 5.74) is 4.05. The van der Waals surface area contributed by atoms with E-state index in [0.717, 1.165) is 27.7 Å². The fraction of sp³-hybridized carbons (Fsp3) is 0.208. The zero-order valence-corrected chi connectivity index (χ0v) is 18.0. The van der Waals surface area contributed by atoms with Crippen LogP contribution in [-0.4, -0.2) is 52.6 Å². The standard InChI is InChI=1S/C24H22N6O3/c1-25-23(31)18-6-8-27-22-15(3-2-4-17(18)22)5-7-26-21-12-19(29-14-30-21)16-11-20-24(28-13-16)33-10-9-32-20/h2-4,6,8,11-14H,5,7,9-10H2,1H3,(H,25,31)(H,26,29,30). The van der Waals surface area contributed by atoms with E-state index in [4.69, 9.17) is 9.47 Å². The van der Waals surface area contributed by atoms with Gasteiger partial charge >= 0.3 is 0 Å². The summed E-state index contributed by atoms with van der Waals surface area (Å²) in [6.07, 6.45) is 5.61. The molecular formula is C24H22N6O3. The molecule has 1 aliphatic heterocycles. The van der Waals surface area contributed by atoms with Gasteiger partial charge in [-0.15, -0.1) is 0 Å². The SMILES string of the molecule is CNC(=O)c1ccnc2c(CCNc3cc(-c4cnc5c(c4)OCCO5)ncn3)cccc12. The van der Waals surface area contributed by atoms with Gasteiger partial charge in [0.2, 0.25) is 0 Å². The van der Waals surface area contributed by atoms with Gasteiger partial charge in [0.05, 0.1) is 16.8 Å². The van der Waals surface area contributed by atoms with Crippen molar-refractivity contribution in [2.45, 2.75) is 6.42 Å². The van der Waals surface area contributed by atoms with E-state index >= 15 is 0 Å². The van der Waals surface area contributed by atoms with Crippen LogP contribution in [0.2, 0.25) is 0 Å². The number of fused-ring (bicyclic) bond motifs is 2. The number of rotatable bonds is 6. The Hall–Kier alpha value is -4.27. The summed E-state index contributed by atoms with van der Waals surface area (Å²) in [7, 11) is 1.62. The quantitative estimate of drug-likeness (QED) is 0.469. The van der Waals surface area contributed by atoms with Gasteiger partial charge < -0.3 is 20.1 Å². The number of hydrogen-bond acceptors (Lipinski definition) is 8. The van der Waals surface area contributed by atoms with Crippen molar-refractivity contribution in [2.24, 2.45) is 0 Å². The minimum atomic E-state index is -0.125. The highest BCUT2D eigenvalue weighted by Crippen LogP contribution is 2.31. The second-order valence-corrected chi connectivity index (χ2v) is 7.44. The predicted octanol–water partition coefficient (Wildman–Crippen LogP) is 2.87. The number of benzene rings is 1. The average Bonchev–Trinajstić information content (AvgIpc) is 2.88. The molecule has 1 amide bonds. The van der Waals surface area contributed by atoms with Crippen molar-refractivity contribution in [1.82, 2.24) is 25.3 Å². The minimum absolute atomic E-state index is 0.125. The van der Waals surface area contributed by atoms with E-state index in [-0.39, 0.29) is 5.91 Å². The third kappa shape index (κ3) is 4.25. The lowest BCUT2D eigenvalue weighted by molar-refractivity contribution is 0.0964. The highest BCUT2D eigenvalue weighted by atomic mass is 16.6. The van der Waals surface area contributed by atoms with Gasteiger partial charge in [0, 0.05) is 43.0 Å². The largest absolute Gasteiger partial charge is 0.484 e. The molecule has 33 heavy (non-hydrogen) atoms. The van der Waals surface area contributed by atoms with Crippen LogP contribution in [0.4, 0.5) is 5.82 Å². The lowest BCUT2D eigenvalue weighted by Gasteiger charge is -2.17. The molecule has 9 heteroatoms. The van der Waals surface area contributed by atoms with Crippen LogP contribution in [0, 0.1) is 0 Å². The van der Waals surface area contributed by atoms with E-state index in [1.54, 1.807) is 25.5 Å². The molecule has 0 atom stereocenters. The van der Waals surface area contributed by atoms with E-state index in [2.05, 4.69) is 30.6 Å². The van der Waals surface area contributed by atoms with E-state index < -0.39 is 0 Å². The fourth-order valence-corrected chi connectivity index (χ4v) is 3.78. The van der Waals surface area contributed by atoms with Crippen molar-refractivity contribution in [3.8, 4) is 22.9 Å². The van der Waals surface area contributed by atoms with Gasteiger partial charge in [-0.3, -0.25) is 9.78 Å². The number of ether oxygens (including phenoxy) is 2. The molecule has 4 aromatic rings. The molecular weight excluding hydrogens is 420 g/mol. The van der Waals surface area contributed by atoms with Crippen LogP contribution < -0.4 is 20.1 Å². The van der Waals surface area contributed by atoms with Gasteiger partial charge in [-0.1, -0.05) is 18.2 Å². The van der Waals surface area contributed by atoms with Crippen molar-refractivity contribution in [2.75, 3.05) is 32.1 Å². The number of carbonyl (C=O) groups is 1. The molecule has 3 aromatic heterocycles. The van der Waals surface area contributed by atoms with Gasteiger partial charge in [-0.05, 0) is 24.1 Å². The van der Waals surface area contributed by atoms with Crippen LogP contribution in [0.1, 0.15) is 15.9 Å². The Balaban J connectivity index is 1.31. The van der Waals surface area contributed by atoms with Crippen LogP contribution in [-0.2, 0) is 6.42 Å². The van der Waals surface area contributed by atoms with Crippen molar-refractivity contribution >= 4 is 22.6 Å². The third-order valence-corrected chi connectivity index (χ3v) is 5.39. The molecule has 0 aliphatic carbocycles. The van der Waals surface area contributed by atoms with Crippen molar-refractivity contribution in [3.05, 3.63) is 66.2 Å². The normalized spacial score (nSPS) is 12.4. The summed E-state index contributed by atoms with van der Waals surface area (Å²) >= 11 is 0. The lowest BCUT2D eigenvalue weighted by Crippen LogP contribution is -2.18. The first-order valence-corrected chi connectivity index (χ1v) is 10.6. The molecule has 4 heterocycles. The lowest BCUT2D eigenvalue weighted by atomic mass is 10.0. The summed E-state index contributed by atoms with van der Waals surface area (Å²) in [6, 6.07) is 11.4. The van der Waals surface area contributed by atoms with Gasteiger partial charge in [0.25, 0.3) is 11.8 Å². The Morgan fingerprint density at radius 3 is 2.88 bits per heavy atom. The zero-order chi connectivity index (χ0) is 22.6. The number of hydrogen-bond donors (Lipinski definition) is 2. The Bertz CT molecular complexity index is 1330. The highest BCUT2D eigenvalue weighted by Gasteiger charge is 2.15. The average molecular weight is 442 g/mol. The minimum Gasteiger partial charge on any atom is -0.484 e. The number of amides is 1. The van der Waals surface area contributed by atoms with Crippen LogP contribution in [0.15, 0.2) is 55.1 Å². The topological polar surface area (TPSA) is 111 Å². The van der Waals surface area contributed by atoms with E-state index in [9.17, 15) is 4.79 Å². The maximum Gasteiger partial charge on any atom is 0.257 e. The molecule has 2 N–H and O–H groups in total. The molecule has 9 nitrogen and oxygen atoms in total. The van der Waals surface area contributed by atoms with Crippen molar-refractivity contribution in [1.29, 1.82) is 0 Å². The second-order valence-electron chi connectivity index (χ2n) is 7.44. The molecule has 0 fully saturated rings. The summed E-state index contributed by atoms with van der Waals surface area (Å²) in [6.45, 7) is 1.64. The number of nitrogens with one attached hydrogen (secondary N) is 2. The monoisotopic (exact) mass is 442 g/mol. The summed E-state index contributed by atoms with van der Waals surface area (Å²) in [5, 5.41) is 6.86. The first kappa shape index (κ1) is 20.6. The molecule has 1 aromatic carbocycles. The Kier molecular flexibility index (Phi) is 5.67. The Morgan fingerprint density at radius 2 is 1.97 bits per heavy atom. The molecule has 0 radical (unpaired) electrons. The van der Waals surface area contributed by atoms with Crippen LogP contribution >= 0.6 is 0 Å². The predicted molar refractivity (Wildman–Crippen MR) is 124 cm³/mol. The van der Waals surface area contributed by atoms with E-state index in [0.29, 0.717) is 49.2 Å². The van der Waals surface area contributed by atoms with Gasteiger partial charge in [-0.25, -0.2) is 15.0 Å². The zero-order valence-electron chi connectivity index (χ0n) is 18.0. The van der Waals surface area contributed by atoms with Gasteiger partial charge in [-0.2, -0.15) is 0 Å². The maximum atomic E-state index is 12.2. The van der Waals surface area contributed by atoms with E-state index in [1.165, 1.54) is 6.33 Å². The van der Waals surface area contributed by atoms with Gasteiger partial charge in [0.1, 0.15) is 25.4 Å². The Morgan fingerprint density at radius 1 is 1.06 bits per heavy atom. The van der Waals surface area contributed by atoms with Gasteiger partial charge in [0.15, 0.2) is 5.75 Å². The van der Waals surface area contributed by atoms with Crippen LogP contribution in [0.5, 0.6) is 11.6 Å². The van der Waals surface area contributed by atoms with E-state index in [1.807, 2.05) is 30.3 Å². The number of aromatic nitrogens is 4. The van der Waals surface area contributed by atoms with Crippen molar-refractivity contribution in [3.63, 3.8) is 0 Å². The molecule has 1 aliphatic rings.